The molecule has 0 aliphatic heterocycles. The fraction of sp³-hybridized carbons (Fsp3) is 0. The second-order valence-corrected chi connectivity index (χ2v) is 16.0. The first-order chi connectivity index (χ1) is 31.2. The maximum Gasteiger partial charge on any atom is 0.164 e. The smallest absolute Gasteiger partial charge is 0.164 e. The van der Waals surface area contributed by atoms with Crippen LogP contribution in [0, 0.1) is 0 Å². The van der Waals surface area contributed by atoms with Crippen molar-refractivity contribution >= 4 is 43.5 Å². The highest BCUT2D eigenvalue weighted by Gasteiger charge is 2.20. The van der Waals surface area contributed by atoms with E-state index in [9.17, 15) is 0 Å². The molecule has 0 unspecified atom stereocenters. The first-order valence-electron chi connectivity index (χ1n) is 21.2. The summed E-state index contributed by atoms with van der Waals surface area (Å²) >= 11 is 0. The molecular formula is C59H37N3O. The van der Waals surface area contributed by atoms with Crippen molar-refractivity contribution in [3.05, 3.63) is 224 Å². The molecular weight excluding hydrogens is 767 g/mol. The second-order valence-electron chi connectivity index (χ2n) is 16.0. The zero-order valence-corrected chi connectivity index (χ0v) is 34.1. The van der Waals surface area contributed by atoms with Crippen LogP contribution in [0.2, 0.25) is 0 Å². The molecule has 63 heavy (non-hydrogen) atoms. The number of hydrogen-bond donors (Lipinski definition) is 0. The Morgan fingerprint density at radius 1 is 0.270 bits per heavy atom. The van der Waals surface area contributed by atoms with Crippen LogP contribution in [0.15, 0.2) is 229 Å². The van der Waals surface area contributed by atoms with Crippen LogP contribution in [0.5, 0.6) is 0 Å². The van der Waals surface area contributed by atoms with E-state index < -0.39 is 0 Å². The average Bonchev–Trinajstić information content (AvgIpc) is 3.76. The van der Waals surface area contributed by atoms with E-state index in [-0.39, 0.29) is 0 Å². The van der Waals surface area contributed by atoms with Gasteiger partial charge in [0.1, 0.15) is 11.2 Å². The molecule has 0 spiro atoms. The van der Waals surface area contributed by atoms with E-state index in [1.54, 1.807) is 0 Å². The van der Waals surface area contributed by atoms with E-state index >= 15 is 0 Å². The SMILES string of the molecule is c1ccc(-c2ccc(-c3nc(-c4ccc5ccc(-c6ccccc6)cc5c4)nc(-c4cccc5oc6c(-c7ccc(-c8cccc9ccccc89)cc7)cccc6c45)n3)cc2)cc1. The van der Waals surface area contributed by atoms with Crippen LogP contribution >= 0.6 is 0 Å². The standard InChI is InChI=1S/C59H37N3O/c1-3-12-38(13-4-1)40-24-32-45(33-25-40)57-60-58(47-35-27-41-26-34-46(36-48(41)37-47)39-14-5-2-6-15-39)62-59(61-57)53-22-11-23-54-55(53)52-21-10-20-51(56(52)63-54)44-30-28-43(29-31-44)50-19-9-17-42-16-7-8-18-49(42)50/h1-37H. The third-order valence-electron chi connectivity index (χ3n) is 12.2. The van der Waals surface area contributed by atoms with Crippen molar-refractivity contribution in [3.63, 3.8) is 0 Å². The lowest BCUT2D eigenvalue weighted by Crippen LogP contribution is -2.00. The van der Waals surface area contributed by atoms with Gasteiger partial charge in [-0.05, 0) is 78.7 Å². The summed E-state index contributed by atoms with van der Waals surface area (Å²) in [5, 5.41) is 6.71. The minimum absolute atomic E-state index is 0.582. The van der Waals surface area contributed by atoms with Gasteiger partial charge >= 0.3 is 0 Å². The van der Waals surface area contributed by atoms with Gasteiger partial charge in [0.25, 0.3) is 0 Å². The van der Waals surface area contributed by atoms with Crippen LogP contribution in [0.25, 0.3) is 122 Å². The Morgan fingerprint density at radius 3 is 1.54 bits per heavy atom. The van der Waals surface area contributed by atoms with Crippen LogP contribution in [-0.4, -0.2) is 15.0 Å². The van der Waals surface area contributed by atoms with Crippen LogP contribution in [0.3, 0.4) is 0 Å². The molecule has 0 aliphatic carbocycles. The lowest BCUT2D eigenvalue weighted by Gasteiger charge is -2.11. The molecule has 0 saturated carbocycles. The first-order valence-corrected chi connectivity index (χ1v) is 21.2. The van der Waals surface area contributed by atoms with Crippen LogP contribution in [0.4, 0.5) is 0 Å². The molecule has 4 heteroatoms. The molecule has 0 radical (unpaired) electrons. The predicted octanol–water partition coefficient (Wildman–Crippen LogP) is 15.7. The van der Waals surface area contributed by atoms with E-state index in [2.05, 4.69) is 200 Å². The van der Waals surface area contributed by atoms with Crippen molar-refractivity contribution in [1.82, 2.24) is 15.0 Å². The van der Waals surface area contributed by atoms with Gasteiger partial charge in [-0.15, -0.1) is 0 Å². The quantitative estimate of drug-likeness (QED) is 0.161. The fourth-order valence-corrected chi connectivity index (χ4v) is 8.96. The Morgan fingerprint density at radius 2 is 0.762 bits per heavy atom. The molecule has 10 aromatic carbocycles. The number of benzene rings is 10. The minimum Gasteiger partial charge on any atom is -0.455 e. The van der Waals surface area contributed by atoms with Crippen LogP contribution in [0.1, 0.15) is 0 Å². The van der Waals surface area contributed by atoms with Gasteiger partial charge in [-0.1, -0.05) is 206 Å². The molecule has 0 aliphatic rings. The van der Waals surface area contributed by atoms with Gasteiger partial charge in [0.2, 0.25) is 0 Å². The summed E-state index contributed by atoms with van der Waals surface area (Å²) in [7, 11) is 0. The third kappa shape index (κ3) is 6.62. The summed E-state index contributed by atoms with van der Waals surface area (Å²) in [6.45, 7) is 0. The van der Waals surface area contributed by atoms with E-state index in [0.29, 0.717) is 17.5 Å². The predicted molar refractivity (Wildman–Crippen MR) is 260 cm³/mol. The molecule has 12 aromatic rings. The van der Waals surface area contributed by atoms with E-state index in [1.165, 1.54) is 27.5 Å². The highest BCUT2D eigenvalue weighted by atomic mass is 16.3. The number of nitrogens with zero attached hydrogens (tertiary/aromatic N) is 3. The molecule has 0 saturated heterocycles. The number of furan rings is 1. The molecule has 294 valence electrons. The molecule has 2 heterocycles. The zero-order chi connectivity index (χ0) is 41.7. The average molecular weight is 804 g/mol. The highest BCUT2D eigenvalue weighted by Crippen LogP contribution is 2.41. The Labute approximate surface area is 364 Å². The summed E-state index contributed by atoms with van der Waals surface area (Å²) in [4.78, 5) is 15.7. The summed E-state index contributed by atoms with van der Waals surface area (Å²) < 4.78 is 6.78. The van der Waals surface area contributed by atoms with Crippen molar-refractivity contribution in [2.75, 3.05) is 0 Å². The number of rotatable bonds is 7. The Balaban J connectivity index is 0.992. The molecule has 0 amide bonds. The van der Waals surface area contributed by atoms with Crippen molar-refractivity contribution in [2.24, 2.45) is 0 Å². The van der Waals surface area contributed by atoms with Crippen molar-refractivity contribution in [2.45, 2.75) is 0 Å². The first kappa shape index (κ1) is 36.4. The normalized spacial score (nSPS) is 11.5. The van der Waals surface area contributed by atoms with Gasteiger partial charge in [-0.2, -0.15) is 0 Å². The van der Waals surface area contributed by atoms with Gasteiger partial charge in [0.15, 0.2) is 17.5 Å². The van der Waals surface area contributed by atoms with Gasteiger partial charge in [-0.25, -0.2) is 15.0 Å². The monoisotopic (exact) mass is 803 g/mol. The van der Waals surface area contributed by atoms with Crippen molar-refractivity contribution in [3.8, 4) is 78.7 Å². The van der Waals surface area contributed by atoms with E-state index in [1.807, 2.05) is 24.3 Å². The Bertz CT molecular complexity index is 3650. The fourth-order valence-electron chi connectivity index (χ4n) is 8.96. The number of para-hydroxylation sites is 1. The Kier molecular flexibility index (Phi) is 8.79. The maximum absolute atomic E-state index is 6.78. The summed E-state index contributed by atoms with van der Waals surface area (Å²) in [5.41, 5.74) is 13.4. The minimum atomic E-state index is 0.582. The summed E-state index contributed by atoms with van der Waals surface area (Å²) in [6, 6.07) is 78.8. The summed E-state index contributed by atoms with van der Waals surface area (Å²) in [5.74, 6) is 1.79. The molecule has 0 N–H and O–H groups in total. The molecule has 0 bridgehead atoms. The molecule has 2 aromatic heterocycles. The topological polar surface area (TPSA) is 51.8 Å². The van der Waals surface area contributed by atoms with Crippen molar-refractivity contribution in [1.29, 1.82) is 0 Å². The number of hydrogen-bond acceptors (Lipinski definition) is 4. The van der Waals surface area contributed by atoms with Gasteiger partial charge in [0, 0.05) is 33.0 Å². The molecule has 0 fully saturated rings. The number of aromatic nitrogens is 3. The van der Waals surface area contributed by atoms with Gasteiger partial charge in [-0.3, -0.25) is 0 Å². The maximum atomic E-state index is 6.78. The van der Waals surface area contributed by atoms with Gasteiger partial charge < -0.3 is 4.42 Å². The van der Waals surface area contributed by atoms with Crippen LogP contribution < -0.4 is 0 Å². The second kappa shape index (κ2) is 15.2. The third-order valence-corrected chi connectivity index (χ3v) is 12.2. The van der Waals surface area contributed by atoms with Gasteiger partial charge in [0.05, 0.1) is 0 Å². The highest BCUT2D eigenvalue weighted by molar-refractivity contribution is 6.15. The molecule has 0 atom stereocenters. The lowest BCUT2D eigenvalue weighted by molar-refractivity contribution is 0.670. The molecule has 4 nitrogen and oxygen atoms in total. The van der Waals surface area contributed by atoms with E-state index in [4.69, 9.17) is 19.4 Å². The number of fused-ring (bicyclic) bond motifs is 5. The molecule has 12 rings (SSSR count). The zero-order valence-electron chi connectivity index (χ0n) is 34.1. The lowest BCUT2D eigenvalue weighted by atomic mass is 9.95. The largest absolute Gasteiger partial charge is 0.455 e. The van der Waals surface area contributed by atoms with E-state index in [0.717, 1.165) is 77.2 Å². The van der Waals surface area contributed by atoms with Crippen LogP contribution in [-0.2, 0) is 0 Å². The Hall–Kier alpha value is -8.47. The summed E-state index contributed by atoms with van der Waals surface area (Å²) in [6.07, 6.45) is 0. The van der Waals surface area contributed by atoms with Crippen molar-refractivity contribution < 1.29 is 4.42 Å².